The minimum Gasteiger partial charge on any atom is -0.497 e. The number of aromatic nitrogens is 1. The molecule has 2 N–H and O–H groups in total. The molecule has 0 unspecified atom stereocenters. The number of methoxy groups -OCH3 is 1. The van der Waals surface area contributed by atoms with Crippen molar-refractivity contribution < 1.29 is 13.9 Å². The monoisotopic (exact) mass is 365 g/mol. The Morgan fingerprint density at radius 1 is 1.11 bits per heavy atom. The molecular formula is C21H20FN3O2. The molecule has 0 radical (unpaired) electrons. The van der Waals surface area contributed by atoms with Crippen molar-refractivity contribution in [2.24, 2.45) is 0 Å². The van der Waals surface area contributed by atoms with Crippen LogP contribution in [0.1, 0.15) is 15.9 Å². The molecule has 0 aliphatic heterocycles. The first-order valence-corrected chi connectivity index (χ1v) is 8.54. The standard InChI is InChI=1S/C21H20FN3O2/c1-27-19-4-2-3-18(14-19)25-21(26)16-10-12-24-20(13-16)23-11-9-15-5-7-17(22)8-6-15/h2-8,10,12-14H,9,11H2,1H3,(H,23,24)(H,25,26). The Morgan fingerprint density at radius 2 is 1.93 bits per heavy atom. The first-order chi connectivity index (χ1) is 13.1. The highest BCUT2D eigenvalue weighted by Gasteiger charge is 2.08. The third kappa shape index (κ3) is 5.28. The van der Waals surface area contributed by atoms with E-state index in [9.17, 15) is 9.18 Å². The second-order valence-electron chi connectivity index (χ2n) is 5.92. The molecule has 0 saturated heterocycles. The summed E-state index contributed by atoms with van der Waals surface area (Å²) in [5.41, 5.74) is 2.18. The predicted molar refractivity (Wildman–Crippen MR) is 104 cm³/mol. The van der Waals surface area contributed by atoms with Crippen molar-refractivity contribution in [1.29, 1.82) is 0 Å². The largest absolute Gasteiger partial charge is 0.497 e. The van der Waals surface area contributed by atoms with Crippen LogP contribution in [0.3, 0.4) is 0 Å². The van der Waals surface area contributed by atoms with Gasteiger partial charge in [0, 0.05) is 30.1 Å². The van der Waals surface area contributed by atoms with Crippen molar-refractivity contribution in [1.82, 2.24) is 4.98 Å². The van der Waals surface area contributed by atoms with E-state index in [1.54, 1.807) is 49.7 Å². The molecule has 0 aliphatic carbocycles. The predicted octanol–water partition coefficient (Wildman–Crippen LogP) is 4.14. The second-order valence-corrected chi connectivity index (χ2v) is 5.92. The summed E-state index contributed by atoms with van der Waals surface area (Å²) in [4.78, 5) is 16.7. The van der Waals surface area contributed by atoms with Gasteiger partial charge in [0.2, 0.25) is 0 Å². The van der Waals surface area contributed by atoms with Gasteiger partial charge in [0.05, 0.1) is 7.11 Å². The Labute approximate surface area is 157 Å². The Kier molecular flexibility index (Phi) is 5.99. The normalized spacial score (nSPS) is 10.3. The summed E-state index contributed by atoms with van der Waals surface area (Å²) in [6.07, 6.45) is 2.31. The van der Waals surface area contributed by atoms with E-state index < -0.39 is 0 Å². The van der Waals surface area contributed by atoms with Crippen molar-refractivity contribution in [3.8, 4) is 5.75 Å². The molecule has 0 bridgehead atoms. The number of halogens is 1. The van der Waals surface area contributed by atoms with E-state index in [0.717, 1.165) is 12.0 Å². The fraction of sp³-hybridized carbons (Fsp3) is 0.143. The lowest BCUT2D eigenvalue weighted by Gasteiger charge is -2.09. The van der Waals surface area contributed by atoms with Crippen LogP contribution in [0.15, 0.2) is 66.9 Å². The van der Waals surface area contributed by atoms with Gasteiger partial charge in [0.1, 0.15) is 17.4 Å². The molecule has 138 valence electrons. The number of hydrogen-bond donors (Lipinski definition) is 2. The summed E-state index contributed by atoms with van der Waals surface area (Å²) in [6, 6.07) is 16.9. The maximum absolute atomic E-state index is 12.9. The average molecular weight is 365 g/mol. The molecule has 1 amide bonds. The molecule has 3 aromatic rings. The van der Waals surface area contributed by atoms with E-state index in [-0.39, 0.29) is 11.7 Å². The number of pyridine rings is 1. The summed E-state index contributed by atoms with van der Waals surface area (Å²) in [6.45, 7) is 0.625. The second kappa shape index (κ2) is 8.80. The average Bonchev–Trinajstić information content (AvgIpc) is 2.70. The molecule has 2 aromatic carbocycles. The highest BCUT2D eigenvalue weighted by molar-refractivity contribution is 6.04. The lowest BCUT2D eigenvalue weighted by molar-refractivity contribution is 0.102. The van der Waals surface area contributed by atoms with Crippen LogP contribution in [-0.4, -0.2) is 24.5 Å². The molecule has 6 heteroatoms. The molecule has 1 heterocycles. The molecule has 0 fully saturated rings. The van der Waals surface area contributed by atoms with E-state index in [4.69, 9.17) is 4.74 Å². The fourth-order valence-electron chi connectivity index (χ4n) is 2.56. The van der Waals surface area contributed by atoms with Crippen LogP contribution in [0.2, 0.25) is 0 Å². The van der Waals surface area contributed by atoms with Crippen LogP contribution < -0.4 is 15.4 Å². The Morgan fingerprint density at radius 3 is 2.70 bits per heavy atom. The van der Waals surface area contributed by atoms with Crippen molar-refractivity contribution >= 4 is 17.4 Å². The highest BCUT2D eigenvalue weighted by Crippen LogP contribution is 2.18. The van der Waals surface area contributed by atoms with Crippen LogP contribution in [0.4, 0.5) is 15.9 Å². The van der Waals surface area contributed by atoms with E-state index >= 15 is 0 Å². The number of hydrogen-bond acceptors (Lipinski definition) is 4. The van der Waals surface area contributed by atoms with Gasteiger partial charge in [-0.05, 0) is 48.4 Å². The summed E-state index contributed by atoms with van der Waals surface area (Å²) in [7, 11) is 1.58. The zero-order valence-corrected chi connectivity index (χ0v) is 14.9. The third-order valence-corrected chi connectivity index (χ3v) is 3.98. The van der Waals surface area contributed by atoms with Crippen molar-refractivity contribution in [2.75, 3.05) is 24.3 Å². The zero-order chi connectivity index (χ0) is 19.1. The van der Waals surface area contributed by atoms with Crippen molar-refractivity contribution in [2.45, 2.75) is 6.42 Å². The summed E-state index contributed by atoms with van der Waals surface area (Å²) in [5.74, 6) is 0.802. The van der Waals surface area contributed by atoms with Crippen LogP contribution >= 0.6 is 0 Å². The number of carbonyl (C=O) groups excluding carboxylic acids is 1. The molecule has 0 aliphatic rings. The maximum Gasteiger partial charge on any atom is 0.255 e. The van der Waals surface area contributed by atoms with E-state index in [1.165, 1.54) is 12.1 Å². The van der Waals surface area contributed by atoms with Crippen molar-refractivity contribution in [3.63, 3.8) is 0 Å². The topological polar surface area (TPSA) is 63.2 Å². The summed E-state index contributed by atoms with van der Waals surface area (Å²) < 4.78 is 18.1. The number of amides is 1. The molecule has 27 heavy (non-hydrogen) atoms. The van der Waals surface area contributed by atoms with Gasteiger partial charge in [0.25, 0.3) is 5.91 Å². The van der Waals surface area contributed by atoms with Gasteiger partial charge in [0.15, 0.2) is 0 Å². The number of anilines is 2. The lowest BCUT2D eigenvalue weighted by Crippen LogP contribution is -2.13. The number of carbonyl (C=O) groups is 1. The van der Waals surface area contributed by atoms with Gasteiger partial charge in [-0.2, -0.15) is 0 Å². The zero-order valence-electron chi connectivity index (χ0n) is 14.9. The number of rotatable bonds is 7. The lowest BCUT2D eigenvalue weighted by atomic mass is 10.1. The number of benzene rings is 2. The third-order valence-electron chi connectivity index (χ3n) is 3.98. The Hall–Kier alpha value is -3.41. The molecule has 1 aromatic heterocycles. The quantitative estimate of drug-likeness (QED) is 0.661. The molecule has 5 nitrogen and oxygen atoms in total. The van der Waals surface area contributed by atoms with Crippen LogP contribution in [0, 0.1) is 5.82 Å². The van der Waals surface area contributed by atoms with Crippen LogP contribution in [-0.2, 0) is 6.42 Å². The van der Waals surface area contributed by atoms with Crippen LogP contribution in [0.5, 0.6) is 5.75 Å². The van der Waals surface area contributed by atoms with E-state index in [1.807, 2.05) is 12.1 Å². The molecular weight excluding hydrogens is 345 g/mol. The summed E-state index contributed by atoms with van der Waals surface area (Å²) in [5, 5.41) is 6.02. The van der Waals surface area contributed by atoms with Gasteiger partial charge in [-0.15, -0.1) is 0 Å². The minimum absolute atomic E-state index is 0.229. The minimum atomic E-state index is -0.247. The van der Waals surface area contributed by atoms with Gasteiger partial charge in [-0.25, -0.2) is 9.37 Å². The van der Waals surface area contributed by atoms with Gasteiger partial charge >= 0.3 is 0 Å². The first kappa shape index (κ1) is 18.4. The number of nitrogens with zero attached hydrogens (tertiary/aromatic N) is 1. The number of nitrogens with one attached hydrogen (secondary N) is 2. The summed E-state index contributed by atoms with van der Waals surface area (Å²) >= 11 is 0. The maximum atomic E-state index is 12.9. The molecule has 0 spiro atoms. The fourth-order valence-corrected chi connectivity index (χ4v) is 2.56. The van der Waals surface area contributed by atoms with Gasteiger partial charge in [-0.1, -0.05) is 18.2 Å². The van der Waals surface area contributed by atoms with Gasteiger partial charge in [-0.3, -0.25) is 4.79 Å². The smallest absolute Gasteiger partial charge is 0.255 e. The highest BCUT2D eigenvalue weighted by atomic mass is 19.1. The van der Waals surface area contributed by atoms with Gasteiger partial charge < -0.3 is 15.4 Å². The van der Waals surface area contributed by atoms with Crippen molar-refractivity contribution in [3.05, 3.63) is 83.8 Å². The first-order valence-electron chi connectivity index (χ1n) is 8.54. The SMILES string of the molecule is COc1cccc(NC(=O)c2ccnc(NCCc3ccc(F)cc3)c2)c1. The number of ether oxygens (including phenoxy) is 1. The molecule has 0 saturated carbocycles. The Balaban J connectivity index is 1.58. The Bertz CT molecular complexity index is 913. The van der Waals surface area contributed by atoms with Crippen LogP contribution in [0.25, 0.3) is 0 Å². The van der Waals surface area contributed by atoms with E-state index in [2.05, 4.69) is 15.6 Å². The molecule has 3 rings (SSSR count). The van der Waals surface area contributed by atoms with E-state index in [0.29, 0.717) is 29.4 Å². The molecule has 0 atom stereocenters.